The molecule has 23 heavy (non-hydrogen) atoms. The maximum Gasteiger partial charge on any atom is 0.191 e. The molecule has 0 amide bonds. The first-order valence-corrected chi connectivity index (χ1v) is 7.96. The van der Waals surface area contributed by atoms with Crippen LogP contribution in [0.5, 0.6) is 0 Å². The Kier molecular flexibility index (Phi) is 6.19. The van der Waals surface area contributed by atoms with Crippen molar-refractivity contribution >= 4 is 29.2 Å². The molecule has 1 aromatic heterocycles. The van der Waals surface area contributed by atoms with Gasteiger partial charge in [-0.3, -0.25) is 4.99 Å². The monoisotopic (exact) mass is 351 g/mol. The van der Waals surface area contributed by atoms with Gasteiger partial charge in [0.25, 0.3) is 0 Å². The average molecular weight is 352 g/mol. The lowest BCUT2D eigenvalue weighted by Crippen LogP contribution is -2.38. The van der Waals surface area contributed by atoms with E-state index in [4.69, 9.17) is 23.2 Å². The van der Waals surface area contributed by atoms with Gasteiger partial charge in [0.2, 0.25) is 0 Å². The Hall–Kier alpha value is -1.85. The fourth-order valence-corrected chi connectivity index (χ4v) is 2.68. The minimum Gasteiger partial charge on any atom is -0.351 e. The molecule has 0 spiro atoms. The average Bonchev–Trinajstić information content (AvgIpc) is 2.51. The van der Waals surface area contributed by atoms with Gasteiger partial charge in [0.05, 0.1) is 18.3 Å². The molecular weight excluding hydrogens is 333 g/mol. The Balaban J connectivity index is 1.99. The van der Waals surface area contributed by atoms with Crippen LogP contribution in [0.15, 0.2) is 35.5 Å². The summed E-state index contributed by atoms with van der Waals surface area (Å²) in [6, 6.07) is 7.31. The summed E-state index contributed by atoms with van der Waals surface area (Å²) in [7, 11) is 1.72. The van der Waals surface area contributed by atoms with Crippen molar-refractivity contribution in [1.82, 2.24) is 20.6 Å². The summed E-state index contributed by atoms with van der Waals surface area (Å²) in [6.07, 6.45) is 1.74. The van der Waals surface area contributed by atoms with E-state index in [9.17, 15) is 0 Å². The summed E-state index contributed by atoms with van der Waals surface area (Å²) in [4.78, 5) is 12.7. The van der Waals surface area contributed by atoms with Crippen LogP contribution in [0.1, 0.15) is 30.0 Å². The SMILES string of the molecule is CN=C(NCc1ccnc(C)n1)NC(C)c1ccc(Cl)cc1Cl. The van der Waals surface area contributed by atoms with Crippen LogP contribution in [0.2, 0.25) is 10.0 Å². The van der Waals surface area contributed by atoms with Gasteiger partial charge < -0.3 is 10.6 Å². The van der Waals surface area contributed by atoms with E-state index in [0.29, 0.717) is 22.5 Å². The molecule has 0 aliphatic carbocycles. The third-order valence-corrected chi connectivity index (χ3v) is 3.84. The van der Waals surface area contributed by atoms with Crippen molar-refractivity contribution < 1.29 is 0 Å². The second kappa shape index (κ2) is 8.13. The molecule has 2 rings (SSSR count). The fraction of sp³-hybridized carbons (Fsp3) is 0.312. The smallest absolute Gasteiger partial charge is 0.191 e. The first kappa shape index (κ1) is 17.5. The molecule has 122 valence electrons. The normalized spacial score (nSPS) is 12.8. The maximum atomic E-state index is 6.24. The number of aryl methyl sites for hydroxylation is 1. The number of hydrogen-bond acceptors (Lipinski definition) is 3. The zero-order valence-corrected chi connectivity index (χ0v) is 14.8. The third kappa shape index (κ3) is 5.08. The van der Waals surface area contributed by atoms with Gasteiger partial charge in [0.1, 0.15) is 5.82 Å². The third-order valence-electron chi connectivity index (χ3n) is 3.28. The standard InChI is InChI=1S/C16H19Cl2N5/c1-10(14-5-4-12(17)8-15(14)18)22-16(19-3)21-9-13-6-7-20-11(2)23-13/h4-8,10H,9H2,1-3H3,(H2,19,21,22). The predicted octanol–water partition coefficient (Wildman–Crippen LogP) is 3.52. The molecule has 1 heterocycles. The van der Waals surface area contributed by atoms with E-state index in [2.05, 4.69) is 25.6 Å². The summed E-state index contributed by atoms with van der Waals surface area (Å²) < 4.78 is 0. The minimum absolute atomic E-state index is 0.0156. The highest BCUT2D eigenvalue weighted by Gasteiger charge is 2.11. The molecule has 1 aromatic carbocycles. The Morgan fingerprint density at radius 3 is 2.74 bits per heavy atom. The molecule has 0 radical (unpaired) electrons. The van der Waals surface area contributed by atoms with E-state index < -0.39 is 0 Å². The minimum atomic E-state index is -0.0156. The first-order chi connectivity index (χ1) is 11.0. The van der Waals surface area contributed by atoms with Crippen LogP contribution in [0, 0.1) is 6.92 Å². The van der Waals surface area contributed by atoms with Gasteiger partial charge in [-0.25, -0.2) is 9.97 Å². The van der Waals surface area contributed by atoms with Gasteiger partial charge >= 0.3 is 0 Å². The summed E-state index contributed by atoms with van der Waals surface area (Å²) in [5.74, 6) is 1.41. The molecule has 0 aliphatic heterocycles. The highest BCUT2D eigenvalue weighted by atomic mass is 35.5. The Morgan fingerprint density at radius 2 is 2.09 bits per heavy atom. The van der Waals surface area contributed by atoms with Crippen LogP contribution in [-0.2, 0) is 6.54 Å². The van der Waals surface area contributed by atoms with Crippen molar-refractivity contribution in [1.29, 1.82) is 0 Å². The number of nitrogens with zero attached hydrogens (tertiary/aromatic N) is 3. The molecule has 0 bridgehead atoms. The number of aromatic nitrogens is 2. The molecule has 7 heteroatoms. The molecule has 5 nitrogen and oxygen atoms in total. The molecule has 0 saturated carbocycles. The Bertz CT molecular complexity index is 703. The highest BCUT2D eigenvalue weighted by Crippen LogP contribution is 2.25. The van der Waals surface area contributed by atoms with Crippen LogP contribution in [0.25, 0.3) is 0 Å². The van der Waals surface area contributed by atoms with Crippen molar-refractivity contribution in [2.24, 2.45) is 4.99 Å². The van der Waals surface area contributed by atoms with E-state index in [1.54, 1.807) is 19.3 Å². The number of halogens is 2. The van der Waals surface area contributed by atoms with Crippen molar-refractivity contribution in [3.8, 4) is 0 Å². The van der Waals surface area contributed by atoms with E-state index in [-0.39, 0.29) is 6.04 Å². The van der Waals surface area contributed by atoms with E-state index in [1.807, 2.05) is 32.0 Å². The zero-order valence-electron chi connectivity index (χ0n) is 13.3. The van der Waals surface area contributed by atoms with Gasteiger partial charge in [-0.1, -0.05) is 29.3 Å². The topological polar surface area (TPSA) is 62.2 Å². The molecular formula is C16H19Cl2N5. The Labute approximate surface area is 146 Å². The number of benzene rings is 1. The number of aliphatic imine (C=N–C) groups is 1. The van der Waals surface area contributed by atoms with Crippen LogP contribution < -0.4 is 10.6 Å². The number of hydrogen-bond donors (Lipinski definition) is 2. The van der Waals surface area contributed by atoms with Gasteiger partial charge in [-0.05, 0) is 37.6 Å². The maximum absolute atomic E-state index is 6.24. The van der Waals surface area contributed by atoms with Crippen LogP contribution in [0.3, 0.4) is 0 Å². The van der Waals surface area contributed by atoms with Crippen molar-refractivity contribution in [2.75, 3.05) is 7.05 Å². The quantitative estimate of drug-likeness (QED) is 0.653. The molecule has 0 fully saturated rings. The van der Waals surface area contributed by atoms with E-state index >= 15 is 0 Å². The van der Waals surface area contributed by atoms with Gasteiger partial charge in [0.15, 0.2) is 5.96 Å². The molecule has 2 aromatic rings. The van der Waals surface area contributed by atoms with E-state index in [1.165, 1.54) is 0 Å². The summed E-state index contributed by atoms with van der Waals surface area (Å²) in [5, 5.41) is 7.76. The molecule has 1 atom stereocenters. The van der Waals surface area contributed by atoms with Crippen LogP contribution >= 0.6 is 23.2 Å². The van der Waals surface area contributed by atoms with Crippen LogP contribution in [-0.4, -0.2) is 23.0 Å². The van der Waals surface area contributed by atoms with Crippen LogP contribution in [0.4, 0.5) is 0 Å². The summed E-state index contributed by atoms with van der Waals surface area (Å²) >= 11 is 12.2. The Morgan fingerprint density at radius 1 is 1.30 bits per heavy atom. The largest absolute Gasteiger partial charge is 0.351 e. The lowest BCUT2D eigenvalue weighted by Gasteiger charge is -2.19. The fourth-order valence-electron chi connectivity index (χ4n) is 2.11. The summed E-state index contributed by atoms with van der Waals surface area (Å²) in [6.45, 7) is 4.43. The molecule has 2 N–H and O–H groups in total. The molecule has 0 saturated heterocycles. The first-order valence-electron chi connectivity index (χ1n) is 7.20. The van der Waals surface area contributed by atoms with Gasteiger partial charge in [-0.2, -0.15) is 0 Å². The molecule has 1 unspecified atom stereocenters. The number of guanidine groups is 1. The highest BCUT2D eigenvalue weighted by molar-refractivity contribution is 6.35. The zero-order chi connectivity index (χ0) is 16.8. The van der Waals surface area contributed by atoms with Crippen molar-refractivity contribution in [3.05, 3.63) is 57.6 Å². The number of nitrogens with one attached hydrogen (secondary N) is 2. The second-order valence-electron chi connectivity index (χ2n) is 5.05. The van der Waals surface area contributed by atoms with E-state index in [0.717, 1.165) is 17.1 Å². The lowest BCUT2D eigenvalue weighted by molar-refractivity contribution is 0.682. The summed E-state index contributed by atoms with van der Waals surface area (Å²) in [5.41, 5.74) is 1.86. The lowest BCUT2D eigenvalue weighted by atomic mass is 10.1. The predicted molar refractivity (Wildman–Crippen MR) is 95.0 cm³/mol. The molecule has 0 aliphatic rings. The number of rotatable bonds is 4. The van der Waals surface area contributed by atoms with Gasteiger partial charge in [0, 0.05) is 23.3 Å². The van der Waals surface area contributed by atoms with Gasteiger partial charge in [-0.15, -0.1) is 0 Å². The van der Waals surface area contributed by atoms with Crippen molar-refractivity contribution in [2.45, 2.75) is 26.4 Å². The second-order valence-corrected chi connectivity index (χ2v) is 5.90. The van der Waals surface area contributed by atoms with Crippen molar-refractivity contribution in [3.63, 3.8) is 0 Å².